The molecule has 0 saturated heterocycles. The highest BCUT2D eigenvalue weighted by Gasteiger charge is 2.29. The van der Waals surface area contributed by atoms with E-state index in [9.17, 15) is 13.2 Å². The molecule has 0 aliphatic heterocycles. The predicted molar refractivity (Wildman–Crippen MR) is 97.8 cm³/mol. The molecule has 1 aliphatic carbocycles. The molecule has 1 amide bonds. The molecule has 1 N–H and O–H groups in total. The quantitative estimate of drug-likeness (QED) is 0.833. The highest BCUT2D eigenvalue weighted by atomic mass is 35.5. The largest absolute Gasteiger partial charge is 0.354 e. The molecule has 134 valence electrons. The van der Waals surface area contributed by atoms with Gasteiger partial charge in [-0.1, -0.05) is 36.9 Å². The number of anilines is 1. The number of hydrogen-bond donors (Lipinski definition) is 1. The average molecular weight is 373 g/mol. The van der Waals surface area contributed by atoms with Crippen molar-refractivity contribution in [2.75, 3.05) is 17.1 Å². The molecule has 1 unspecified atom stereocenters. The van der Waals surface area contributed by atoms with Crippen LogP contribution in [-0.4, -0.2) is 33.2 Å². The minimum absolute atomic E-state index is 0.286. The van der Waals surface area contributed by atoms with Gasteiger partial charge in [0.25, 0.3) is 0 Å². The van der Waals surface area contributed by atoms with E-state index >= 15 is 0 Å². The van der Waals surface area contributed by atoms with Gasteiger partial charge in [-0.05, 0) is 43.9 Å². The molecule has 1 aromatic rings. The Hall–Kier alpha value is -1.27. The fraction of sp³-hybridized carbons (Fsp3) is 0.588. The van der Waals surface area contributed by atoms with Gasteiger partial charge >= 0.3 is 0 Å². The average Bonchev–Trinajstić information content (AvgIpc) is 2.52. The van der Waals surface area contributed by atoms with Crippen LogP contribution in [0.3, 0.4) is 0 Å². The van der Waals surface area contributed by atoms with Gasteiger partial charge in [-0.3, -0.25) is 9.10 Å². The molecule has 0 aromatic heterocycles. The van der Waals surface area contributed by atoms with E-state index in [1.165, 1.54) is 19.3 Å². The number of benzene rings is 1. The second-order valence-corrected chi connectivity index (χ2v) is 8.76. The maximum Gasteiger partial charge on any atom is 0.243 e. The Bertz CT molecular complexity index is 672. The van der Waals surface area contributed by atoms with Crippen LogP contribution in [-0.2, 0) is 14.8 Å². The van der Waals surface area contributed by atoms with Gasteiger partial charge in [-0.25, -0.2) is 8.42 Å². The number of amides is 1. The van der Waals surface area contributed by atoms with E-state index in [0.29, 0.717) is 23.2 Å². The Balaban J connectivity index is 2.09. The Labute approximate surface area is 149 Å². The summed E-state index contributed by atoms with van der Waals surface area (Å²) in [5.74, 6) is 0.207. The molecule has 0 bridgehead atoms. The first-order valence-corrected chi connectivity index (χ1v) is 10.5. The molecule has 0 heterocycles. The summed E-state index contributed by atoms with van der Waals surface area (Å²) in [6.45, 7) is 2.20. The maximum absolute atomic E-state index is 12.5. The zero-order valence-electron chi connectivity index (χ0n) is 14.2. The first-order chi connectivity index (χ1) is 11.3. The second-order valence-electron chi connectivity index (χ2n) is 6.46. The van der Waals surface area contributed by atoms with E-state index in [1.54, 1.807) is 31.2 Å². The Morgan fingerprint density at radius 2 is 2.00 bits per heavy atom. The summed E-state index contributed by atoms with van der Waals surface area (Å²) in [5, 5.41) is 3.34. The number of carbonyl (C=O) groups is 1. The van der Waals surface area contributed by atoms with Crippen molar-refractivity contribution in [2.45, 2.75) is 45.1 Å². The molecule has 1 aromatic carbocycles. The molecule has 1 aliphatic rings. The number of rotatable bonds is 6. The van der Waals surface area contributed by atoms with Gasteiger partial charge < -0.3 is 5.32 Å². The summed E-state index contributed by atoms with van der Waals surface area (Å²) in [5.41, 5.74) is 0.394. The van der Waals surface area contributed by atoms with E-state index in [4.69, 9.17) is 11.6 Å². The second kappa shape index (κ2) is 8.21. The zero-order valence-corrected chi connectivity index (χ0v) is 15.7. The van der Waals surface area contributed by atoms with Crippen molar-refractivity contribution in [3.05, 3.63) is 29.3 Å². The monoisotopic (exact) mass is 372 g/mol. The Morgan fingerprint density at radius 1 is 1.33 bits per heavy atom. The van der Waals surface area contributed by atoms with Crippen LogP contribution in [0.1, 0.15) is 39.0 Å². The van der Waals surface area contributed by atoms with E-state index in [-0.39, 0.29) is 5.91 Å². The minimum atomic E-state index is -3.61. The number of nitrogens with one attached hydrogen (secondary N) is 1. The van der Waals surface area contributed by atoms with Crippen molar-refractivity contribution in [1.82, 2.24) is 5.32 Å². The van der Waals surface area contributed by atoms with Crippen LogP contribution in [0.2, 0.25) is 5.02 Å². The number of nitrogens with zero attached hydrogens (tertiary/aromatic N) is 1. The van der Waals surface area contributed by atoms with Gasteiger partial charge in [0, 0.05) is 11.6 Å². The summed E-state index contributed by atoms with van der Waals surface area (Å²) in [4.78, 5) is 12.5. The lowest BCUT2D eigenvalue weighted by atomic mass is 9.89. The molecule has 0 radical (unpaired) electrons. The predicted octanol–water partition coefficient (Wildman–Crippen LogP) is 3.19. The van der Waals surface area contributed by atoms with Crippen molar-refractivity contribution in [1.29, 1.82) is 0 Å². The van der Waals surface area contributed by atoms with Gasteiger partial charge in [-0.2, -0.15) is 0 Å². The molecular formula is C17H25ClN2O3S. The van der Waals surface area contributed by atoms with E-state index < -0.39 is 16.1 Å². The minimum Gasteiger partial charge on any atom is -0.354 e. The fourth-order valence-electron chi connectivity index (χ4n) is 3.21. The van der Waals surface area contributed by atoms with Gasteiger partial charge in [0.2, 0.25) is 15.9 Å². The van der Waals surface area contributed by atoms with Crippen LogP contribution in [0.25, 0.3) is 0 Å². The van der Waals surface area contributed by atoms with Crippen LogP contribution in [0.4, 0.5) is 5.69 Å². The van der Waals surface area contributed by atoms with Gasteiger partial charge in [0.15, 0.2) is 0 Å². The van der Waals surface area contributed by atoms with Crippen molar-refractivity contribution >= 4 is 33.2 Å². The van der Waals surface area contributed by atoms with Crippen LogP contribution in [0, 0.1) is 5.92 Å². The van der Waals surface area contributed by atoms with E-state index in [1.807, 2.05) is 0 Å². The summed E-state index contributed by atoms with van der Waals surface area (Å²) in [6, 6.07) is 5.69. The normalized spacial score (nSPS) is 17.3. The third-order valence-corrected chi connectivity index (χ3v) is 5.92. The Morgan fingerprint density at radius 3 is 2.58 bits per heavy atom. The van der Waals surface area contributed by atoms with Crippen LogP contribution in [0.15, 0.2) is 24.3 Å². The lowest BCUT2D eigenvalue weighted by Gasteiger charge is -2.29. The SMILES string of the molecule is CC(C(=O)NCC1CCCCC1)N(c1cccc(Cl)c1)S(C)(=O)=O. The number of hydrogen-bond acceptors (Lipinski definition) is 3. The topological polar surface area (TPSA) is 66.5 Å². The first-order valence-electron chi connectivity index (χ1n) is 8.31. The lowest BCUT2D eigenvalue weighted by molar-refractivity contribution is -0.122. The standard InChI is InChI=1S/C17H25ClN2O3S/c1-13(17(21)19-12-14-7-4-3-5-8-14)20(24(2,22)23)16-10-6-9-15(18)11-16/h6,9-11,13-14H,3-5,7-8,12H2,1-2H3,(H,19,21). The Kier molecular flexibility index (Phi) is 6.52. The molecule has 7 heteroatoms. The molecule has 1 saturated carbocycles. The number of carbonyl (C=O) groups excluding carboxylic acids is 1. The van der Waals surface area contributed by atoms with Gasteiger partial charge in [0.05, 0.1) is 11.9 Å². The molecule has 2 rings (SSSR count). The molecule has 1 atom stereocenters. The van der Waals surface area contributed by atoms with Crippen molar-refractivity contribution < 1.29 is 13.2 Å². The summed E-state index contributed by atoms with van der Waals surface area (Å²) in [6.07, 6.45) is 7.01. The highest BCUT2D eigenvalue weighted by molar-refractivity contribution is 7.92. The van der Waals surface area contributed by atoms with Gasteiger partial charge in [-0.15, -0.1) is 0 Å². The van der Waals surface area contributed by atoms with Crippen molar-refractivity contribution in [3.63, 3.8) is 0 Å². The zero-order chi connectivity index (χ0) is 17.7. The highest BCUT2D eigenvalue weighted by Crippen LogP contribution is 2.25. The first kappa shape index (κ1) is 19.1. The van der Waals surface area contributed by atoms with Crippen LogP contribution in [0.5, 0.6) is 0 Å². The molecule has 5 nitrogen and oxygen atoms in total. The van der Waals surface area contributed by atoms with E-state index in [0.717, 1.165) is 23.4 Å². The molecule has 24 heavy (non-hydrogen) atoms. The summed E-state index contributed by atoms with van der Waals surface area (Å²) in [7, 11) is -3.61. The summed E-state index contributed by atoms with van der Waals surface area (Å²) >= 11 is 5.96. The maximum atomic E-state index is 12.5. The molecule has 1 fully saturated rings. The van der Waals surface area contributed by atoms with Crippen molar-refractivity contribution in [3.8, 4) is 0 Å². The van der Waals surface area contributed by atoms with Crippen LogP contribution < -0.4 is 9.62 Å². The number of halogens is 1. The molecule has 0 spiro atoms. The van der Waals surface area contributed by atoms with Crippen molar-refractivity contribution in [2.24, 2.45) is 5.92 Å². The smallest absolute Gasteiger partial charge is 0.243 e. The lowest BCUT2D eigenvalue weighted by Crippen LogP contribution is -2.48. The van der Waals surface area contributed by atoms with Gasteiger partial charge in [0.1, 0.15) is 6.04 Å². The van der Waals surface area contributed by atoms with Crippen LogP contribution >= 0.6 is 11.6 Å². The third kappa shape index (κ3) is 5.11. The summed E-state index contributed by atoms with van der Waals surface area (Å²) < 4.78 is 25.5. The third-order valence-electron chi connectivity index (χ3n) is 4.44. The van der Waals surface area contributed by atoms with E-state index in [2.05, 4.69) is 5.32 Å². The fourth-order valence-corrected chi connectivity index (χ4v) is 4.56. The molecular weight excluding hydrogens is 348 g/mol. The number of sulfonamides is 1.